The molecule has 0 unspecified atom stereocenters. The second kappa shape index (κ2) is 5.43. The third-order valence-electron chi connectivity index (χ3n) is 3.24. The lowest BCUT2D eigenvalue weighted by molar-refractivity contribution is 0.128. The molecule has 0 saturated carbocycles. The zero-order valence-electron chi connectivity index (χ0n) is 10.0. The van der Waals surface area contributed by atoms with Crippen LogP contribution in [0.4, 0.5) is 0 Å². The predicted molar refractivity (Wildman–Crippen MR) is 66.9 cm³/mol. The summed E-state index contributed by atoms with van der Waals surface area (Å²) in [5.41, 5.74) is 2.82. The Kier molecular flexibility index (Phi) is 3.93. The van der Waals surface area contributed by atoms with Crippen LogP contribution in [0, 0.1) is 0 Å². The van der Waals surface area contributed by atoms with E-state index in [1.165, 1.54) is 11.1 Å². The molecular formula is C13H21N3. The van der Waals surface area contributed by atoms with Crippen LogP contribution in [0.15, 0.2) is 24.3 Å². The van der Waals surface area contributed by atoms with E-state index in [2.05, 4.69) is 36.1 Å². The summed E-state index contributed by atoms with van der Waals surface area (Å²) in [6.45, 7) is 7.35. The topological polar surface area (TPSA) is 32.5 Å². The van der Waals surface area contributed by atoms with Gasteiger partial charge in [-0.1, -0.05) is 31.2 Å². The van der Waals surface area contributed by atoms with Gasteiger partial charge in [0.1, 0.15) is 0 Å². The number of nitrogens with zero attached hydrogens (tertiary/aromatic N) is 2. The van der Waals surface area contributed by atoms with E-state index in [1.54, 1.807) is 0 Å². The van der Waals surface area contributed by atoms with E-state index < -0.39 is 0 Å². The molecule has 88 valence electrons. The maximum atomic E-state index is 5.73. The second-order valence-corrected chi connectivity index (χ2v) is 4.48. The fourth-order valence-electron chi connectivity index (χ4n) is 2.06. The van der Waals surface area contributed by atoms with Gasteiger partial charge in [0, 0.05) is 32.7 Å². The standard InChI is InChI=1S/C13H21N3/c1-2-12-3-5-13(6-4-12)11-15-7-9-16(14)10-8-15/h3-6H,2,7-11,14H2,1H3. The lowest BCUT2D eigenvalue weighted by Gasteiger charge is -2.31. The van der Waals surface area contributed by atoms with Crippen LogP contribution in [0.25, 0.3) is 0 Å². The van der Waals surface area contributed by atoms with E-state index in [0.29, 0.717) is 0 Å². The highest BCUT2D eigenvalue weighted by atomic mass is 15.4. The number of benzene rings is 1. The molecule has 1 heterocycles. The summed E-state index contributed by atoms with van der Waals surface area (Å²) in [4.78, 5) is 2.46. The van der Waals surface area contributed by atoms with Crippen LogP contribution in [0.3, 0.4) is 0 Å². The van der Waals surface area contributed by atoms with Crippen molar-refractivity contribution in [3.8, 4) is 0 Å². The predicted octanol–water partition coefficient (Wildman–Crippen LogP) is 1.24. The van der Waals surface area contributed by atoms with E-state index in [4.69, 9.17) is 5.84 Å². The van der Waals surface area contributed by atoms with Crippen LogP contribution in [-0.4, -0.2) is 36.1 Å². The first kappa shape index (κ1) is 11.6. The third kappa shape index (κ3) is 3.04. The number of hydrazine groups is 1. The summed E-state index contributed by atoms with van der Waals surface area (Å²) >= 11 is 0. The van der Waals surface area contributed by atoms with Crippen LogP contribution in [0.5, 0.6) is 0 Å². The number of hydrogen-bond acceptors (Lipinski definition) is 3. The molecule has 0 spiro atoms. The highest BCUT2D eigenvalue weighted by molar-refractivity contribution is 5.22. The van der Waals surface area contributed by atoms with E-state index in [0.717, 1.165) is 39.1 Å². The van der Waals surface area contributed by atoms with Crippen LogP contribution in [0.2, 0.25) is 0 Å². The number of rotatable bonds is 3. The molecule has 1 aliphatic rings. The van der Waals surface area contributed by atoms with Crippen molar-refractivity contribution < 1.29 is 0 Å². The van der Waals surface area contributed by atoms with Gasteiger partial charge in [0.25, 0.3) is 0 Å². The molecule has 3 nitrogen and oxygen atoms in total. The van der Waals surface area contributed by atoms with Gasteiger partial charge in [-0.25, -0.2) is 5.01 Å². The Labute approximate surface area is 97.8 Å². The van der Waals surface area contributed by atoms with Crippen molar-refractivity contribution in [3.63, 3.8) is 0 Å². The number of piperazine rings is 1. The first-order valence-electron chi connectivity index (χ1n) is 6.07. The van der Waals surface area contributed by atoms with Gasteiger partial charge in [-0.05, 0) is 17.5 Å². The Hall–Kier alpha value is -0.900. The maximum Gasteiger partial charge on any atom is 0.0257 e. The Balaban J connectivity index is 1.88. The molecule has 1 aromatic carbocycles. The Morgan fingerprint density at radius 2 is 1.56 bits per heavy atom. The van der Waals surface area contributed by atoms with E-state index in [9.17, 15) is 0 Å². The lowest BCUT2D eigenvalue weighted by atomic mass is 10.1. The van der Waals surface area contributed by atoms with Gasteiger partial charge in [-0.3, -0.25) is 10.7 Å². The van der Waals surface area contributed by atoms with Gasteiger partial charge < -0.3 is 0 Å². The van der Waals surface area contributed by atoms with Crippen molar-refractivity contribution in [2.24, 2.45) is 5.84 Å². The summed E-state index contributed by atoms with van der Waals surface area (Å²) in [5, 5.41) is 1.90. The molecule has 0 aliphatic carbocycles. The molecule has 16 heavy (non-hydrogen) atoms. The number of nitrogens with two attached hydrogens (primary N) is 1. The van der Waals surface area contributed by atoms with E-state index in [-0.39, 0.29) is 0 Å². The SMILES string of the molecule is CCc1ccc(CN2CCN(N)CC2)cc1. The third-order valence-corrected chi connectivity index (χ3v) is 3.24. The summed E-state index contributed by atoms with van der Waals surface area (Å²) < 4.78 is 0. The fraction of sp³-hybridized carbons (Fsp3) is 0.538. The van der Waals surface area contributed by atoms with Gasteiger partial charge >= 0.3 is 0 Å². The molecule has 0 aromatic heterocycles. The second-order valence-electron chi connectivity index (χ2n) is 4.48. The molecule has 2 N–H and O–H groups in total. The van der Waals surface area contributed by atoms with Crippen LogP contribution >= 0.6 is 0 Å². The molecule has 0 atom stereocenters. The van der Waals surface area contributed by atoms with Gasteiger partial charge in [-0.2, -0.15) is 0 Å². The molecule has 0 radical (unpaired) electrons. The molecule has 0 amide bonds. The molecule has 1 aromatic rings. The van der Waals surface area contributed by atoms with Crippen molar-refractivity contribution >= 4 is 0 Å². The highest BCUT2D eigenvalue weighted by Crippen LogP contribution is 2.09. The fourth-order valence-corrected chi connectivity index (χ4v) is 2.06. The van der Waals surface area contributed by atoms with E-state index >= 15 is 0 Å². The van der Waals surface area contributed by atoms with Crippen LogP contribution < -0.4 is 5.84 Å². The minimum Gasteiger partial charge on any atom is -0.296 e. The largest absolute Gasteiger partial charge is 0.296 e. The molecule has 1 saturated heterocycles. The minimum absolute atomic E-state index is 0.979. The van der Waals surface area contributed by atoms with Crippen molar-refractivity contribution in [1.29, 1.82) is 0 Å². The van der Waals surface area contributed by atoms with Gasteiger partial charge in [-0.15, -0.1) is 0 Å². The normalized spacial score (nSPS) is 18.9. The van der Waals surface area contributed by atoms with Gasteiger partial charge in [0.2, 0.25) is 0 Å². The van der Waals surface area contributed by atoms with Gasteiger partial charge in [0.05, 0.1) is 0 Å². The lowest BCUT2D eigenvalue weighted by Crippen LogP contribution is -2.48. The zero-order chi connectivity index (χ0) is 11.4. The van der Waals surface area contributed by atoms with Crippen molar-refractivity contribution in [2.45, 2.75) is 19.9 Å². The van der Waals surface area contributed by atoms with E-state index in [1.807, 2.05) is 5.01 Å². The minimum atomic E-state index is 0.979. The molecule has 2 rings (SSSR count). The van der Waals surface area contributed by atoms with Gasteiger partial charge in [0.15, 0.2) is 0 Å². The molecular weight excluding hydrogens is 198 g/mol. The summed E-state index contributed by atoms with van der Waals surface area (Å²) in [7, 11) is 0. The number of aryl methyl sites for hydroxylation is 1. The smallest absolute Gasteiger partial charge is 0.0257 e. The van der Waals surface area contributed by atoms with Crippen molar-refractivity contribution in [1.82, 2.24) is 9.91 Å². The quantitative estimate of drug-likeness (QED) is 0.776. The number of hydrogen-bond donors (Lipinski definition) is 1. The Morgan fingerprint density at radius 1 is 1.00 bits per heavy atom. The average molecular weight is 219 g/mol. The summed E-state index contributed by atoms with van der Waals surface area (Å²) in [5.74, 6) is 5.73. The van der Waals surface area contributed by atoms with Crippen LogP contribution in [0.1, 0.15) is 18.1 Å². The average Bonchev–Trinajstić information content (AvgIpc) is 2.33. The Bertz CT molecular complexity index is 312. The highest BCUT2D eigenvalue weighted by Gasteiger charge is 2.13. The first-order chi connectivity index (χ1) is 7.78. The molecule has 3 heteroatoms. The summed E-state index contributed by atoms with van der Waals surface area (Å²) in [6.07, 6.45) is 1.12. The first-order valence-corrected chi connectivity index (χ1v) is 6.07. The Morgan fingerprint density at radius 3 is 2.12 bits per heavy atom. The molecule has 0 bridgehead atoms. The molecule has 1 fully saturated rings. The van der Waals surface area contributed by atoms with Crippen molar-refractivity contribution in [3.05, 3.63) is 35.4 Å². The van der Waals surface area contributed by atoms with Crippen LogP contribution in [-0.2, 0) is 13.0 Å². The maximum absolute atomic E-state index is 5.73. The van der Waals surface area contributed by atoms with Crippen molar-refractivity contribution in [2.75, 3.05) is 26.2 Å². The summed E-state index contributed by atoms with van der Waals surface area (Å²) in [6, 6.07) is 8.95. The molecule has 1 aliphatic heterocycles. The zero-order valence-corrected chi connectivity index (χ0v) is 10.0. The monoisotopic (exact) mass is 219 g/mol.